The number of hydrogen-bond donors (Lipinski definition) is 1. The van der Waals surface area contributed by atoms with Crippen LogP contribution in [0.25, 0.3) is 11.4 Å². The van der Waals surface area contributed by atoms with Gasteiger partial charge in [-0.25, -0.2) is 9.97 Å². The number of rotatable bonds is 1. The Bertz CT molecular complexity index is 554. The number of nitrogens with one attached hydrogen (secondary N) is 1. The molecule has 94 valence electrons. The lowest BCUT2D eigenvalue weighted by Gasteiger charge is -2.16. The Kier molecular flexibility index (Phi) is 3.94. The lowest BCUT2D eigenvalue weighted by atomic mass is 10.1. The minimum Gasteiger partial charge on any atom is -0.312 e. The van der Waals surface area contributed by atoms with Crippen LogP contribution in [-0.4, -0.2) is 16.5 Å². The van der Waals surface area contributed by atoms with Crippen molar-refractivity contribution in [1.82, 2.24) is 15.3 Å². The molecule has 1 aromatic carbocycles. The number of halogens is 1. The van der Waals surface area contributed by atoms with Gasteiger partial charge in [-0.1, -0.05) is 24.3 Å². The van der Waals surface area contributed by atoms with E-state index in [1.165, 1.54) is 16.8 Å². The van der Waals surface area contributed by atoms with Gasteiger partial charge in [-0.15, -0.1) is 12.4 Å². The summed E-state index contributed by atoms with van der Waals surface area (Å²) in [6.45, 7) is 4.00. The molecular weight excluding hydrogens is 246 g/mol. The van der Waals surface area contributed by atoms with Gasteiger partial charge in [-0.2, -0.15) is 0 Å². The third-order valence-electron chi connectivity index (χ3n) is 3.19. The van der Waals surface area contributed by atoms with Crippen molar-refractivity contribution in [1.29, 1.82) is 0 Å². The minimum atomic E-state index is 0. The Balaban J connectivity index is 0.00000120. The fraction of sp³-hybridized carbons (Fsp3) is 0.286. The number of fused-ring (bicyclic) bond motifs is 1. The normalized spacial score (nSPS) is 13.6. The van der Waals surface area contributed by atoms with E-state index < -0.39 is 0 Å². The van der Waals surface area contributed by atoms with Gasteiger partial charge in [-0.05, 0) is 12.5 Å². The van der Waals surface area contributed by atoms with Crippen molar-refractivity contribution < 1.29 is 0 Å². The van der Waals surface area contributed by atoms with E-state index in [2.05, 4.69) is 29.4 Å². The van der Waals surface area contributed by atoms with Gasteiger partial charge in [0, 0.05) is 36.8 Å². The van der Waals surface area contributed by atoms with Crippen molar-refractivity contribution in [2.75, 3.05) is 6.54 Å². The number of nitrogens with zero attached hydrogens (tertiary/aromatic N) is 2. The molecule has 0 radical (unpaired) electrons. The van der Waals surface area contributed by atoms with E-state index in [0.29, 0.717) is 0 Å². The average Bonchev–Trinajstić information content (AvgIpc) is 2.39. The molecule has 0 saturated carbocycles. The van der Waals surface area contributed by atoms with Gasteiger partial charge in [0.2, 0.25) is 0 Å². The third-order valence-corrected chi connectivity index (χ3v) is 3.19. The molecular formula is C14H16ClN3. The van der Waals surface area contributed by atoms with Crippen LogP contribution in [0.4, 0.5) is 0 Å². The van der Waals surface area contributed by atoms with Crippen molar-refractivity contribution in [2.24, 2.45) is 0 Å². The molecule has 18 heavy (non-hydrogen) atoms. The van der Waals surface area contributed by atoms with Crippen LogP contribution in [0.15, 0.2) is 30.5 Å². The van der Waals surface area contributed by atoms with Crippen molar-refractivity contribution in [3.63, 3.8) is 0 Å². The lowest BCUT2D eigenvalue weighted by molar-refractivity contribution is 0.626. The van der Waals surface area contributed by atoms with E-state index in [9.17, 15) is 0 Å². The molecule has 1 aromatic heterocycles. The Morgan fingerprint density at radius 2 is 2.06 bits per heavy atom. The van der Waals surface area contributed by atoms with Crippen LogP contribution in [0.2, 0.25) is 0 Å². The second-order valence-corrected chi connectivity index (χ2v) is 4.41. The molecule has 0 spiro atoms. The molecule has 1 aliphatic rings. The SMILES string of the molecule is Cc1ccccc1-c1ncc2c(n1)CCNC2.Cl. The van der Waals surface area contributed by atoms with E-state index in [-0.39, 0.29) is 12.4 Å². The van der Waals surface area contributed by atoms with E-state index in [0.717, 1.165) is 30.9 Å². The van der Waals surface area contributed by atoms with E-state index in [4.69, 9.17) is 4.98 Å². The highest BCUT2D eigenvalue weighted by atomic mass is 35.5. The monoisotopic (exact) mass is 261 g/mol. The summed E-state index contributed by atoms with van der Waals surface area (Å²) in [5.41, 5.74) is 4.78. The summed E-state index contributed by atoms with van der Waals surface area (Å²) in [6, 6.07) is 8.26. The van der Waals surface area contributed by atoms with Gasteiger partial charge in [0.1, 0.15) is 0 Å². The molecule has 3 rings (SSSR count). The van der Waals surface area contributed by atoms with Gasteiger partial charge in [0.05, 0.1) is 5.69 Å². The smallest absolute Gasteiger partial charge is 0.159 e. The molecule has 0 amide bonds. The summed E-state index contributed by atoms with van der Waals surface area (Å²) in [6.07, 6.45) is 2.95. The molecule has 0 unspecified atom stereocenters. The summed E-state index contributed by atoms with van der Waals surface area (Å²) in [5, 5.41) is 3.33. The zero-order valence-electron chi connectivity index (χ0n) is 10.3. The molecule has 3 nitrogen and oxygen atoms in total. The van der Waals surface area contributed by atoms with Gasteiger partial charge in [0.15, 0.2) is 5.82 Å². The molecule has 2 aromatic rings. The quantitative estimate of drug-likeness (QED) is 0.857. The number of hydrogen-bond acceptors (Lipinski definition) is 3. The number of aryl methyl sites for hydroxylation is 1. The molecule has 0 saturated heterocycles. The molecule has 0 fully saturated rings. The van der Waals surface area contributed by atoms with Crippen molar-refractivity contribution >= 4 is 12.4 Å². The number of benzene rings is 1. The van der Waals surface area contributed by atoms with Gasteiger partial charge < -0.3 is 5.32 Å². The zero-order valence-corrected chi connectivity index (χ0v) is 11.1. The Hall–Kier alpha value is -1.45. The molecule has 0 bridgehead atoms. The lowest BCUT2D eigenvalue weighted by Crippen LogP contribution is -2.25. The Morgan fingerprint density at radius 1 is 1.22 bits per heavy atom. The summed E-state index contributed by atoms with van der Waals surface area (Å²) in [4.78, 5) is 9.17. The fourth-order valence-electron chi connectivity index (χ4n) is 2.19. The third kappa shape index (κ3) is 2.37. The van der Waals surface area contributed by atoms with Crippen LogP contribution in [0.5, 0.6) is 0 Å². The van der Waals surface area contributed by atoms with Crippen LogP contribution >= 0.6 is 12.4 Å². The predicted molar refractivity (Wildman–Crippen MR) is 74.9 cm³/mol. The van der Waals surface area contributed by atoms with Gasteiger partial charge in [-0.3, -0.25) is 0 Å². The Morgan fingerprint density at radius 3 is 2.89 bits per heavy atom. The first-order chi connectivity index (χ1) is 8.34. The van der Waals surface area contributed by atoms with Crippen LogP contribution in [0.3, 0.4) is 0 Å². The standard InChI is InChI=1S/C14H15N3.ClH/c1-10-4-2-3-5-12(10)14-16-9-11-8-15-7-6-13(11)17-14;/h2-5,9,15H,6-8H2,1H3;1H. The second-order valence-electron chi connectivity index (χ2n) is 4.41. The first kappa shape index (κ1) is 13.0. The maximum atomic E-state index is 4.69. The Labute approximate surface area is 113 Å². The largest absolute Gasteiger partial charge is 0.312 e. The molecule has 1 aliphatic heterocycles. The molecule has 2 heterocycles. The average molecular weight is 262 g/mol. The molecule has 1 N–H and O–H groups in total. The molecule has 0 aliphatic carbocycles. The fourth-order valence-corrected chi connectivity index (χ4v) is 2.19. The summed E-state index contributed by atoms with van der Waals surface area (Å²) in [7, 11) is 0. The summed E-state index contributed by atoms with van der Waals surface area (Å²) in [5.74, 6) is 0.851. The minimum absolute atomic E-state index is 0. The van der Waals surface area contributed by atoms with Crippen molar-refractivity contribution in [3.8, 4) is 11.4 Å². The van der Waals surface area contributed by atoms with Gasteiger partial charge in [0.25, 0.3) is 0 Å². The predicted octanol–water partition coefficient (Wildman–Crippen LogP) is 2.52. The van der Waals surface area contributed by atoms with Crippen LogP contribution in [0.1, 0.15) is 16.8 Å². The van der Waals surface area contributed by atoms with E-state index in [1.807, 2.05) is 18.3 Å². The van der Waals surface area contributed by atoms with E-state index >= 15 is 0 Å². The van der Waals surface area contributed by atoms with Gasteiger partial charge >= 0.3 is 0 Å². The highest BCUT2D eigenvalue weighted by Crippen LogP contribution is 2.21. The molecule has 4 heteroatoms. The first-order valence-corrected chi connectivity index (χ1v) is 5.96. The summed E-state index contributed by atoms with van der Waals surface area (Å²) < 4.78 is 0. The van der Waals surface area contributed by atoms with Crippen molar-refractivity contribution in [3.05, 3.63) is 47.3 Å². The molecule has 0 atom stereocenters. The highest BCUT2D eigenvalue weighted by Gasteiger charge is 2.12. The zero-order chi connectivity index (χ0) is 11.7. The second kappa shape index (κ2) is 5.46. The van der Waals surface area contributed by atoms with Crippen LogP contribution < -0.4 is 5.32 Å². The van der Waals surface area contributed by atoms with Crippen LogP contribution in [-0.2, 0) is 13.0 Å². The maximum absolute atomic E-state index is 4.69. The van der Waals surface area contributed by atoms with Crippen molar-refractivity contribution in [2.45, 2.75) is 19.9 Å². The van der Waals surface area contributed by atoms with Crippen LogP contribution in [0, 0.1) is 6.92 Å². The highest BCUT2D eigenvalue weighted by molar-refractivity contribution is 5.85. The van der Waals surface area contributed by atoms with E-state index in [1.54, 1.807) is 0 Å². The maximum Gasteiger partial charge on any atom is 0.159 e. The summed E-state index contributed by atoms with van der Waals surface area (Å²) >= 11 is 0. The number of aromatic nitrogens is 2. The topological polar surface area (TPSA) is 37.8 Å². The first-order valence-electron chi connectivity index (χ1n) is 5.96.